The molecular weight excluding hydrogens is 352 g/mol. The molecule has 4 rings (SSSR count). The largest absolute Gasteiger partial charge is 0.339 e. The summed E-state index contributed by atoms with van der Waals surface area (Å²) in [4.78, 5) is 19.1. The van der Waals surface area contributed by atoms with Gasteiger partial charge in [0.1, 0.15) is 0 Å². The first-order chi connectivity index (χ1) is 13.6. The molecule has 1 saturated heterocycles. The molecule has 144 valence electrons. The van der Waals surface area contributed by atoms with Gasteiger partial charge < -0.3 is 14.7 Å². The number of aromatic nitrogens is 2. The van der Waals surface area contributed by atoms with Crippen LogP contribution in [0.2, 0.25) is 0 Å². The average Bonchev–Trinajstić information content (AvgIpc) is 3.20. The Hall–Kier alpha value is -3.15. The van der Waals surface area contributed by atoms with Crippen molar-refractivity contribution in [2.45, 2.75) is 32.6 Å². The molecule has 0 unspecified atom stereocenters. The number of likely N-dealkylation sites (tertiary alicyclic amines) is 1. The average molecular weight is 376 g/mol. The Morgan fingerprint density at radius 2 is 1.96 bits per heavy atom. The summed E-state index contributed by atoms with van der Waals surface area (Å²) in [6.45, 7) is 5.37. The lowest BCUT2D eigenvalue weighted by Gasteiger charge is -2.31. The highest BCUT2D eigenvalue weighted by atomic mass is 16.5. The molecule has 2 amide bonds. The van der Waals surface area contributed by atoms with Gasteiger partial charge in [-0.25, -0.2) is 4.79 Å². The molecule has 28 heavy (non-hydrogen) atoms. The molecule has 0 saturated carbocycles. The van der Waals surface area contributed by atoms with Crippen LogP contribution in [0, 0.1) is 13.8 Å². The highest BCUT2D eigenvalue weighted by Crippen LogP contribution is 2.28. The van der Waals surface area contributed by atoms with Crippen molar-refractivity contribution in [3.8, 4) is 11.4 Å². The standard InChI is InChI=1S/C22H24N4O2/c1-15-8-10-19(11-9-15)23-22(27)26-12-4-7-18(14-26)21-24-20(25-28-21)17-6-3-5-16(2)13-17/h3,5-6,8-11,13,18H,4,7,12,14H2,1-2H3,(H,23,27)/t18-/m1/s1. The van der Waals surface area contributed by atoms with Gasteiger partial charge in [-0.3, -0.25) is 0 Å². The lowest BCUT2D eigenvalue weighted by molar-refractivity contribution is 0.184. The zero-order valence-corrected chi connectivity index (χ0v) is 16.2. The Balaban J connectivity index is 1.43. The number of benzene rings is 2. The van der Waals surface area contributed by atoms with Crippen LogP contribution in [0.25, 0.3) is 11.4 Å². The van der Waals surface area contributed by atoms with E-state index in [1.54, 1.807) is 0 Å². The van der Waals surface area contributed by atoms with Gasteiger partial charge in [0.25, 0.3) is 0 Å². The highest BCUT2D eigenvalue weighted by molar-refractivity contribution is 5.89. The SMILES string of the molecule is Cc1ccc(NC(=O)N2CCC[C@@H](c3nc(-c4cccc(C)c4)no3)C2)cc1. The molecule has 0 aliphatic carbocycles. The fourth-order valence-electron chi connectivity index (χ4n) is 3.51. The number of nitrogens with one attached hydrogen (secondary N) is 1. The summed E-state index contributed by atoms with van der Waals surface area (Å²) >= 11 is 0. The first kappa shape index (κ1) is 18.2. The number of hydrogen-bond acceptors (Lipinski definition) is 4. The summed E-state index contributed by atoms with van der Waals surface area (Å²) in [5, 5.41) is 7.11. The van der Waals surface area contributed by atoms with Gasteiger partial charge in [0.15, 0.2) is 0 Å². The summed E-state index contributed by atoms with van der Waals surface area (Å²) in [5.41, 5.74) is 4.06. The fraction of sp³-hybridized carbons (Fsp3) is 0.318. The minimum Gasteiger partial charge on any atom is -0.339 e. The minimum absolute atomic E-state index is 0.0589. The molecule has 1 aliphatic heterocycles. The molecule has 0 radical (unpaired) electrons. The zero-order valence-electron chi connectivity index (χ0n) is 16.2. The second-order valence-electron chi connectivity index (χ2n) is 7.41. The zero-order chi connectivity index (χ0) is 19.5. The van der Waals surface area contributed by atoms with Crippen LogP contribution < -0.4 is 5.32 Å². The quantitative estimate of drug-likeness (QED) is 0.715. The Kier molecular flexibility index (Phi) is 5.10. The van der Waals surface area contributed by atoms with E-state index in [1.807, 2.05) is 67.3 Å². The van der Waals surface area contributed by atoms with Crippen molar-refractivity contribution in [3.63, 3.8) is 0 Å². The molecule has 1 aromatic heterocycles. The number of piperidine rings is 1. The third-order valence-corrected chi connectivity index (χ3v) is 5.08. The smallest absolute Gasteiger partial charge is 0.321 e. The van der Waals surface area contributed by atoms with E-state index in [4.69, 9.17) is 4.52 Å². The predicted octanol–water partition coefficient (Wildman–Crippen LogP) is 4.76. The fourth-order valence-corrected chi connectivity index (χ4v) is 3.51. The Labute approximate surface area is 164 Å². The van der Waals surface area contributed by atoms with Crippen molar-refractivity contribution in [1.29, 1.82) is 0 Å². The normalized spacial score (nSPS) is 16.8. The van der Waals surface area contributed by atoms with E-state index in [1.165, 1.54) is 0 Å². The summed E-state index contributed by atoms with van der Waals surface area (Å²) in [5.74, 6) is 1.26. The number of amides is 2. The van der Waals surface area contributed by atoms with Gasteiger partial charge in [-0.05, 0) is 44.9 Å². The summed E-state index contributed by atoms with van der Waals surface area (Å²) in [6, 6.07) is 15.8. The van der Waals surface area contributed by atoms with Crippen molar-refractivity contribution in [2.24, 2.45) is 0 Å². The predicted molar refractivity (Wildman–Crippen MR) is 108 cm³/mol. The Bertz CT molecular complexity index is 965. The van der Waals surface area contributed by atoms with Gasteiger partial charge in [0.2, 0.25) is 11.7 Å². The van der Waals surface area contributed by atoms with Gasteiger partial charge >= 0.3 is 6.03 Å². The summed E-state index contributed by atoms with van der Waals surface area (Å²) in [7, 11) is 0. The van der Waals surface area contributed by atoms with Gasteiger partial charge in [0.05, 0.1) is 5.92 Å². The van der Waals surface area contributed by atoms with Gasteiger partial charge in [-0.2, -0.15) is 4.98 Å². The van der Waals surface area contributed by atoms with Crippen LogP contribution in [-0.4, -0.2) is 34.2 Å². The molecule has 6 nitrogen and oxygen atoms in total. The van der Waals surface area contributed by atoms with Crippen LogP contribution in [-0.2, 0) is 0 Å². The molecule has 1 aliphatic rings. The van der Waals surface area contributed by atoms with Crippen LogP contribution >= 0.6 is 0 Å². The second kappa shape index (κ2) is 7.84. The van der Waals surface area contributed by atoms with Crippen LogP contribution in [0.3, 0.4) is 0 Å². The molecule has 0 bridgehead atoms. The number of aryl methyl sites for hydroxylation is 2. The van der Waals surface area contributed by atoms with Crippen LogP contribution in [0.1, 0.15) is 35.8 Å². The van der Waals surface area contributed by atoms with E-state index in [0.717, 1.165) is 41.8 Å². The maximum Gasteiger partial charge on any atom is 0.321 e. The molecule has 6 heteroatoms. The van der Waals surface area contributed by atoms with E-state index < -0.39 is 0 Å². The van der Waals surface area contributed by atoms with Crippen molar-refractivity contribution in [3.05, 3.63) is 65.5 Å². The molecular formula is C22H24N4O2. The maximum atomic E-state index is 12.6. The maximum absolute atomic E-state index is 12.6. The lowest BCUT2D eigenvalue weighted by Crippen LogP contribution is -2.41. The molecule has 3 aromatic rings. The second-order valence-corrected chi connectivity index (χ2v) is 7.41. The van der Waals surface area contributed by atoms with Crippen LogP contribution in [0.5, 0.6) is 0 Å². The van der Waals surface area contributed by atoms with Gasteiger partial charge in [-0.15, -0.1) is 0 Å². The molecule has 2 heterocycles. The number of carbonyl (C=O) groups excluding carboxylic acids is 1. The van der Waals surface area contributed by atoms with Crippen LogP contribution in [0.15, 0.2) is 53.1 Å². The number of anilines is 1. The van der Waals surface area contributed by atoms with Crippen molar-refractivity contribution in [1.82, 2.24) is 15.0 Å². The topological polar surface area (TPSA) is 71.3 Å². The first-order valence-electron chi connectivity index (χ1n) is 9.62. The molecule has 0 spiro atoms. The number of rotatable bonds is 3. The Morgan fingerprint density at radius 1 is 1.14 bits per heavy atom. The summed E-state index contributed by atoms with van der Waals surface area (Å²) < 4.78 is 5.54. The first-order valence-corrected chi connectivity index (χ1v) is 9.62. The van der Waals surface area contributed by atoms with Crippen molar-refractivity contribution < 1.29 is 9.32 Å². The lowest BCUT2D eigenvalue weighted by atomic mass is 9.98. The van der Waals surface area contributed by atoms with Crippen molar-refractivity contribution >= 4 is 11.7 Å². The number of hydrogen-bond donors (Lipinski definition) is 1. The highest BCUT2D eigenvalue weighted by Gasteiger charge is 2.28. The molecule has 1 atom stereocenters. The molecule has 2 aromatic carbocycles. The van der Waals surface area contributed by atoms with Gasteiger partial charge in [-0.1, -0.05) is 46.6 Å². The van der Waals surface area contributed by atoms with E-state index in [9.17, 15) is 4.79 Å². The number of carbonyl (C=O) groups is 1. The number of nitrogens with zero attached hydrogens (tertiary/aromatic N) is 3. The van der Waals surface area contributed by atoms with Crippen molar-refractivity contribution in [2.75, 3.05) is 18.4 Å². The third-order valence-electron chi connectivity index (χ3n) is 5.08. The van der Waals surface area contributed by atoms with E-state index in [0.29, 0.717) is 18.3 Å². The van der Waals surface area contributed by atoms with E-state index >= 15 is 0 Å². The number of urea groups is 1. The molecule has 1 N–H and O–H groups in total. The minimum atomic E-state index is -0.0908. The Morgan fingerprint density at radius 3 is 2.75 bits per heavy atom. The van der Waals surface area contributed by atoms with E-state index in [2.05, 4.69) is 15.5 Å². The van der Waals surface area contributed by atoms with E-state index in [-0.39, 0.29) is 11.9 Å². The van der Waals surface area contributed by atoms with Crippen LogP contribution in [0.4, 0.5) is 10.5 Å². The molecule has 1 fully saturated rings. The monoisotopic (exact) mass is 376 g/mol. The third kappa shape index (κ3) is 4.06. The van der Waals surface area contributed by atoms with Gasteiger partial charge in [0, 0.05) is 24.3 Å². The summed E-state index contributed by atoms with van der Waals surface area (Å²) in [6.07, 6.45) is 1.85.